The molecule has 0 fully saturated rings. The van der Waals surface area contributed by atoms with Crippen LogP contribution in [0.5, 0.6) is 0 Å². The minimum atomic E-state index is -1.04. The lowest BCUT2D eigenvalue weighted by Crippen LogP contribution is -2.10. The Morgan fingerprint density at radius 3 is 2.62 bits per heavy atom. The monoisotopic (exact) mass is 341 g/mol. The molecule has 0 radical (unpaired) electrons. The van der Waals surface area contributed by atoms with Gasteiger partial charge in [0.2, 0.25) is 0 Å². The first-order valence-corrected chi connectivity index (χ1v) is 7.30. The molecule has 0 aliphatic rings. The molecule has 108 valence electrons. The number of carbonyl (C=O) groups excluding carboxylic acids is 1. The first-order chi connectivity index (χ1) is 9.95. The van der Waals surface area contributed by atoms with Gasteiger partial charge in [-0.1, -0.05) is 23.2 Å². The molecular weight excluding hydrogens is 333 g/mol. The summed E-state index contributed by atoms with van der Waals surface area (Å²) in [5, 5.41) is 12.1. The topological polar surface area (TPSA) is 66.4 Å². The van der Waals surface area contributed by atoms with Crippen molar-refractivity contribution in [3.05, 3.63) is 56.2 Å². The third-order valence-corrected chi connectivity index (χ3v) is 4.02. The fourth-order valence-corrected chi connectivity index (χ4v) is 2.75. The molecule has 7 heteroatoms. The number of rotatable bonds is 4. The van der Waals surface area contributed by atoms with Crippen molar-refractivity contribution in [3.8, 4) is 0 Å². The molecular formula is C14H9Cl2NO3S. The molecule has 0 saturated carbocycles. The van der Waals surface area contributed by atoms with E-state index in [4.69, 9.17) is 28.3 Å². The van der Waals surface area contributed by atoms with Crippen molar-refractivity contribution in [2.24, 2.45) is 0 Å². The van der Waals surface area contributed by atoms with Gasteiger partial charge in [0, 0.05) is 16.0 Å². The van der Waals surface area contributed by atoms with E-state index in [1.165, 1.54) is 23.5 Å². The molecule has 0 saturated heterocycles. The number of amides is 1. The van der Waals surface area contributed by atoms with Crippen molar-refractivity contribution in [2.75, 3.05) is 5.32 Å². The van der Waals surface area contributed by atoms with Gasteiger partial charge in [0.25, 0.3) is 5.91 Å². The number of anilines is 1. The number of aliphatic carboxylic acids is 1. The molecule has 21 heavy (non-hydrogen) atoms. The Kier molecular flexibility index (Phi) is 5.01. The van der Waals surface area contributed by atoms with Crippen LogP contribution in [0.3, 0.4) is 0 Å². The van der Waals surface area contributed by atoms with Crippen molar-refractivity contribution < 1.29 is 14.7 Å². The molecule has 0 bridgehead atoms. The number of carboxylic acid groups (broad SMARTS) is 1. The van der Waals surface area contributed by atoms with Crippen LogP contribution in [-0.4, -0.2) is 17.0 Å². The average molecular weight is 342 g/mol. The van der Waals surface area contributed by atoms with E-state index >= 15 is 0 Å². The van der Waals surface area contributed by atoms with E-state index in [9.17, 15) is 9.59 Å². The van der Waals surface area contributed by atoms with Crippen LogP contribution in [0.2, 0.25) is 10.0 Å². The van der Waals surface area contributed by atoms with Gasteiger partial charge in [-0.15, -0.1) is 11.3 Å². The Morgan fingerprint density at radius 2 is 1.95 bits per heavy atom. The summed E-state index contributed by atoms with van der Waals surface area (Å²) in [4.78, 5) is 23.6. The maximum Gasteiger partial charge on any atom is 0.328 e. The molecule has 2 aromatic rings. The Bertz CT molecular complexity index is 725. The summed E-state index contributed by atoms with van der Waals surface area (Å²) in [7, 11) is 0. The zero-order chi connectivity index (χ0) is 15.4. The predicted molar refractivity (Wildman–Crippen MR) is 85.4 cm³/mol. The third kappa shape index (κ3) is 4.32. The summed E-state index contributed by atoms with van der Waals surface area (Å²) >= 11 is 12.9. The molecule has 0 atom stereocenters. The van der Waals surface area contributed by atoms with Gasteiger partial charge in [0.1, 0.15) is 0 Å². The molecule has 1 aromatic heterocycles. The van der Waals surface area contributed by atoms with Gasteiger partial charge < -0.3 is 10.4 Å². The standard InChI is InChI=1S/C14H9Cl2NO3S/c15-8-1-4-11(10(16)7-8)17-14(20)12-5-2-9(21-12)3-6-13(18)19/h1-7H,(H,17,20)(H,18,19). The van der Waals surface area contributed by atoms with Crippen molar-refractivity contribution in [1.82, 2.24) is 0 Å². The van der Waals surface area contributed by atoms with E-state index in [2.05, 4.69) is 5.32 Å². The van der Waals surface area contributed by atoms with Crippen LogP contribution in [0.1, 0.15) is 14.5 Å². The molecule has 1 amide bonds. The summed E-state index contributed by atoms with van der Waals surface area (Å²) in [6.07, 6.45) is 2.45. The molecule has 4 nitrogen and oxygen atoms in total. The average Bonchev–Trinajstić information content (AvgIpc) is 2.88. The summed E-state index contributed by atoms with van der Waals surface area (Å²) in [5.41, 5.74) is 0.460. The maximum absolute atomic E-state index is 12.1. The summed E-state index contributed by atoms with van der Waals surface area (Å²) < 4.78 is 0. The van der Waals surface area contributed by atoms with E-state index in [1.807, 2.05) is 0 Å². The highest BCUT2D eigenvalue weighted by molar-refractivity contribution is 7.15. The third-order valence-electron chi connectivity index (χ3n) is 2.42. The zero-order valence-corrected chi connectivity index (χ0v) is 12.8. The normalized spacial score (nSPS) is 10.8. The van der Waals surface area contributed by atoms with Crippen molar-refractivity contribution in [2.45, 2.75) is 0 Å². The van der Waals surface area contributed by atoms with Crippen LogP contribution < -0.4 is 5.32 Å². The molecule has 0 aliphatic heterocycles. The number of hydrogen-bond acceptors (Lipinski definition) is 3. The van der Waals surface area contributed by atoms with E-state index in [1.54, 1.807) is 24.3 Å². The van der Waals surface area contributed by atoms with Gasteiger partial charge in [-0.25, -0.2) is 4.79 Å². The van der Waals surface area contributed by atoms with Gasteiger partial charge >= 0.3 is 5.97 Å². The van der Waals surface area contributed by atoms with Crippen LogP contribution in [0, 0.1) is 0 Å². The van der Waals surface area contributed by atoms with Crippen LogP contribution in [0.15, 0.2) is 36.4 Å². The fraction of sp³-hybridized carbons (Fsp3) is 0. The van der Waals surface area contributed by atoms with Crippen molar-refractivity contribution >= 4 is 58.2 Å². The second kappa shape index (κ2) is 6.76. The molecule has 0 unspecified atom stereocenters. The van der Waals surface area contributed by atoms with E-state index in [0.717, 1.165) is 6.08 Å². The number of nitrogens with one attached hydrogen (secondary N) is 1. The molecule has 1 aromatic carbocycles. The molecule has 0 aliphatic carbocycles. The molecule has 2 N–H and O–H groups in total. The quantitative estimate of drug-likeness (QED) is 0.809. The first-order valence-electron chi connectivity index (χ1n) is 5.73. The molecule has 1 heterocycles. The number of benzene rings is 1. The highest BCUT2D eigenvalue weighted by Gasteiger charge is 2.11. The highest BCUT2D eigenvalue weighted by Crippen LogP contribution is 2.27. The lowest BCUT2D eigenvalue weighted by Gasteiger charge is -2.05. The van der Waals surface area contributed by atoms with Crippen LogP contribution in [0.25, 0.3) is 6.08 Å². The van der Waals surface area contributed by atoms with Gasteiger partial charge in [0.05, 0.1) is 15.6 Å². The number of halogens is 2. The van der Waals surface area contributed by atoms with Gasteiger partial charge in [0.15, 0.2) is 0 Å². The van der Waals surface area contributed by atoms with Gasteiger partial charge in [-0.3, -0.25) is 4.79 Å². The Labute approximate surface area is 134 Å². The Hall–Kier alpha value is -1.82. The predicted octanol–water partition coefficient (Wildman–Crippen LogP) is 4.41. The number of carboxylic acids is 1. The van der Waals surface area contributed by atoms with Crippen molar-refractivity contribution in [3.63, 3.8) is 0 Å². The highest BCUT2D eigenvalue weighted by atomic mass is 35.5. The Balaban J connectivity index is 2.12. The molecule has 2 rings (SSSR count). The van der Waals surface area contributed by atoms with Gasteiger partial charge in [-0.05, 0) is 36.4 Å². The lowest BCUT2D eigenvalue weighted by molar-refractivity contribution is -0.131. The van der Waals surface area contributed by atoms with E-state index < -0.39 is 5.97 Å². The molecule has 0 spiro atoms. The van der Waals surface area contributed by atoms with Crippen molar-refractivity contribution in [1.29, 1.82) is 0 Å². The summed E-state index contributed by atoms with van der Waals surface area (Å²) in [5.74, 6) is -1.36. The lowest BCUT2D eigenvalue weighted by atomic mass is 10.3. The Morgan fingerprint density at radius 1 is 1.19 bits per heavy atom. The second-order valence-corrected chi connectivity index (χ2v) is 5.91. The summed E-state index contributed by atoms with van der Waals surface area (Å²) in [6.45, 7) is 0. The van der Waals surface area contributed by atoms with Crippen LogP contribution in [-0.2, 0) is 4.79 Å². The summed E-state index contributed by atoms with van der Waals surface area (Å²) in [6, 6.07) is 8.06. The number of carbonyl (C=O) groups is 2. The maximum atomic E-state index is 12.1. The van der Waals surface area contributed by atoms with E-state index in [-0.39, 0.29) is 5.91 Å². The fourth-order valence-electron chi connectivity index (χ4n) is 1.49. The van der Waals surface area contributed by atoms with Crippen LogP contribution in [0.4, 0.5) is 5.69 Å². The minimum absolute atomic E-state index is 0.320. The van der Waals surface area contributed by atoms with E-state index in [0.29, 0.717) is 25.5 Å². The smallest absolute Gasteiger partial charge is 0.328 e. The SMILES string of the molecule is O=C(O)C=Cc1ccc(C(=O)Nc2ccc(Cl)cc2Cl)s1. The van der Waals surface area contributed by atoms with Crippen LogP contribution >= 0.6 is 34.5 Å². The van der Waals surface area contributed by atoms with Gasteiger partial charge in [-0.2, -0.15) is 0 Å². The largest absolute Gasteiger partial charge is 0.478 e. The first kappa shape index (κ1) is 15.6. The minimum Gasteiger partial charge on any atom is -0.478 e. The zero-order valence-electron chi connectivity index (χ0n) is 10.5. The number of hydrogen-bond donors (Lipinski definition) is 2. The second-order valence-electron chi connectivity index (χ2n) is 3.95. The number of thiophene rings is 1.